The summed E-state index contributed by atoms with van der Waals surface area (Å²) < 4.78 is 4.70. The van der Waals surface area contributed by atoms with Crippen molar-refractivity contribution in [2.75, 3.05) is 7.11 Å². The fraction of sp³-hybridized carbons (Fsp3) is 0.625. The van der Waals surface area contributed by atoms with Crippen molar-refractivity contribution in [3.63, 3.8) is 0 Å². The third kappa shape index (κ3) is 1.07. The van der Waals surface area contributed by atoms with E-state index in [1.165, 1.54) is 7.11 Å². The molecule has 60 valence electrons. The number of hydrogen-bond donors (Lipinski definition) is 0. The van der Waals surface area contributed by atoms with E-state index >= 15 is 0 Å². The average molecular weight is 170 g/mol. The van der Waals surface area contributed by atoms with Gasteiger partial charge >= 0.3 is 5.97 Å². The number of carbonyl (C=O) groups excluding carboxylic acids is 1. The number of ether oxygens (including phenoxy) is 1. The molecule has 0 spiro atoms. The topological polar surface area (TPSA) is 26.3 Å². The summed E-state index contributed by atoms with van der Waals surface area (Å²) in [5, 5.41) is 0.969. The Kier molecular flexibility index (Phi) is 1.68. The third-order valence-electron chi connectivity index (χ3n) is 2.23. The summed E-state index contributed by atoms with van der Waals surface area (Å²) in [6, 6.07) is 0. The number of methoxy groups -OCH3 is 1. The van der Waals surface area contributed by atoms with Crippen LogP contribution in [0.15, 0.2) is 12.2 Å². The molecule has 0 aromatic rings. The smallest absolute Gasteiger partial charge is 0.310 e. The first-order valence-electron chi connectivity index (χ1n) is 3.73. The maximum atomic E-state index is 11.1. The van der Waals surface area contributed by atoms with E-state index in [2.05, 4.69) is 12.2 Å². The zero-order chi connectivity index (χ0) is 7.84. The van der Waals surface area contributed by atoms with Crippen molar-refractivity contribution in [1.29, 1.82) is 0 Å². The van der Waals surface area contributed by atoms with Crippen molar-refractivity contribution < 1.29 is 9.53 Å². The van der Waals surface area contributed by atoms with Crippen LogP contribution in [0.3, 0.4) is 0 Å². The molecule has 2 bridgehead atoms. The van der Waals surface area contributed by atoms with E-state index in [0.29, 0.717) is 10.5 Å². The lowest BCUT2D eigenvalue weighted by Crippen LogP contribution is -2.23. The number of fused-ring (bicyclic) bond motifs is 2. The molecule has 11 heavy (non-hydrogen) atoms. The van der Waals surface area contributed by atoms with Crippen molar-refractivity contribution in [3.05, 3.63) is 12.2 Å². The van der Waals surface area contributed by atoms with Gasteiger partial charge < -0.3 is 4.74 Å². The first kappa shape index (κ1) is 7.22. The van der Waals surface area contributed by atoms with Gasteiger partial charge in [-0.15, -0.1) is 11.8 Å². The second kappa shape index (κ2) is 2.55. The van der Waals surface area contributed by atoms with Gasteiger partial charge in [0.1, 0.15) is 0 Å². The number of esters is 1. The summed E-state index contributed by atoms with van der Waals surface area (Å²) in [6.07, 6.45) is 5.29. The SMILES string of the molecule is COC(=O)C1C[C@H]2C=C[C@@H]1S2. The first-order chi connectivity index (χ1) is 5.31. The molecule has 0 aromatic carbocycles. The van der Waals surface area contributed by atoms with E-state index in [0.717, 1.165) is 6.42 Å². The van der Waals surface area contributed by atoms with Gasteiger partial charge in [0.05, 0.1) is 13.0 Å². The Bertz CT molecular complexity index is 212. The molecule has 2 heterocycles. The predicted molar refractivity (Wildman–Crippen MR) is 44.4 cm³/mol. The summed E-state index contributed by atoms with van der Waals surface area (Å²) in [4.78, 5) is 11.1. The number of carbonyl (C=O) groups is 1. The lowest BCUT2D eigenvalue weighted by atomic mass is 9.95. The Hall–Kier alpha value is -0.440. The van der Waals surface area contributed by atoms with Gasteiger partial charge in [0.2, 0.25) is 0 Å². The zero-order valence-electron chi connectivity index (χ0n) is 6.32. The number of thioether (sulfide) groups is 1. The van der Waals surface area contributed by atoms with E-state index in [1.807, 2.05) is 11.8 Å². The molecule has 3 atom stereocenters. The Morgan fingerprint density at radius 3 is 2.91 bits per heavy atom. The molecular formula is C8H10O2S. The van der Waals surface area contributed by atoms with Gasteiger partial charge in [-0.2, -0.15) is 0 Å². The summed E-state index contributed by atoms with van der Waals surface area (Å²) in [5.41, 5.74) is 0. The van der Waals surface area contributed by atoms with Crippen LogP contribution in [0, 0.1) is 5.92 Å². The van der Waals surface area contributed by atoms with E-state index < -0.39 is 0 Å². The van der Waals surface area contributed by atoms with E-state index in [-0.39, 0.29) is 11.9 Å². The highest BCUT2D eigenvalue weighted by molar-refractivity contribution is 8.01. The predicted octanol–water partition coefficient (Wildman–Crippen LogP) is 1.22. The van der Waals surface area contributed by atoms with Crippen LogP contribution in [0.5, 0.6) is 0 Å². The molecule has 1 saturated heterocycles. The van der Waals surface area contributed by atoms with Crippen LogP contribution in [-0.4, -0.2) is 23.6 Å². The summed E-state index contributed by atoms with van der Waals surface area (Å²) in [5.74, 6) is 0.0781. The van der Waals surface area contributed by atoms with Crippen LogP contribution in [0.1, 0.15) is 6.42 Å². The van der Waals surface area contributed by atoms with Gasteiger partial charge in [-0.25, -0.2) is 0 Å². The second-order valence-electron chi connectivity index (χ2n) is 2.89. The van der Waals surface area contributed by atoms with Crippen LogP contribution in [0.4, 0.5) is 0 Å². The Morgan fingerprint density at radius 1 is 1.64 bits per heavy atom. The molecule has 0 amide bonds. The second-order valence-corrected chi connectivity index (χ2v) is 4.31. The highest BCUT2D eigenvalue weighted by Gasteiger charge is 2.41. The molecule has 2 aliphatic rings. The van der Waals surface area contributed by atoms with Gasteiger partial charge in [-0.1, -0.05) is 12.2 Å². The maximum Gasteiger partial charge on any atom is 0.310 e. The third-order valence-corrected chi connectivity index (χ3v) is 3.73. The van der Waals surface area contributed by atoms with Gasteiger partial charge in [-0.05, 0) is 6.42 Å². The van der Waals surface area contributed by atoms with E-state index in [1.54, 1.807) is 0 Å². The summed E-state index contributed by atoms with van der Waals surface area (Å²) >= 11 is 1.87. The standard InChI is InChI=1S/C8H10O2S/c1-10-8(9)6-4-5-2-3-7(6)11-5/h2-3,5-7H,4H2,1H3/t5-,6?,7+/m1/s1. The lowest BCUT2D eigenvalue weighted by molar-refractivity contribution is -0.145. The number of rotatable bonds is 1. The molecule has 2 nitrogen and oxygen atoms in total. The molecule has 2 aliphatic heterocycles. The molecule has 1 unspecified atom stereocenters. The van der Waals surface area contributed by atoms with Crippen LogP contribution in [0.2, 0.25) is 0 Å². The van der Waals surface area contributed by atoms with Gasteiger partial charge in [0.25, 0.3) is 0 Å². The monoisotopic (exact) mass is 170 g/mol. The van der Waals surface area contributed by atoms with Crippen molar-refractivity contribution in [2.24, 2.45) is 5.92 Å². The molecule has 2 rings (SSSR count). The van der Waals surface area contributed by atoms with Crippen LogP contribution in [-0.2, 0) is 9.53 Å². The van der Waals surface area contributed by atoms with Crippen molar-refractivity contribution >= 4 is 17.7 Å². The van der Waals surface area contributed by atoms with Crippen LogP contribution in [0.25, 0.3) is 0 Å². The van der Waals surface area contributed by atoms with Crippen molar-refractivity contribution in [2.45, 2.75) is 16.9 Å². The van der Waals surface area contributed by atoms with E-state index in [9.17, 15) is 4.79 Å². The summed E-state index contributed by atoms with van der Waals surface area (Å²) in [6.45, 7) is 0. The van der Waals surface area contributed by atoms with Crippen molar-refractivity contribution in [3.8, 4) is 0 Å². The van der Waals surface area contributed by atoms with Gasteiger partial charge in [0.15, 0.2) is 0 Å². The Labute approximate surface area is 70.0 Å². The molecule has 3 heteroatoms. The molecule has 0 aromatic heterocycles. The number of hydrogen-bond acceptors (Lipinski definition) is 3. The summed E-state index contributed by atoms with van der Waals surface area (Å²) in [7, 11) is 1.46. The van der Waals surface area contributed by atoms with Crippen molar-refractivity contribution in [1.82, 2.24) is 0 Å². The Balaban J connectivity index is 2.08. The fourth-order valence-corrected chi connectivity index (χ4v) is 3.15. The molecule has 1 fully saturated rings. The highest BCUT2D eigenvalue weighted by atomic mass is 32.2. The zero-order valence-corrected chi connectivity index (χ0v) is 7.14. The molecule has 0 N–H and O–H groups in total. The lowest BCUT2D eigenvalue weighted by Gasteiger charge is -2.12. The van der Waals surface area contributed by atoms with Crippen LogP contribution < -0.4 is 0 Å². The van der Waals surface area contributed by atoms with E-state index in [4.69, 9.17) is 4.74 Å². The molecule has 0 saturated carbocycles. The normalized spacial score (nSPS) is 39.5. The molecular weight excluding hydrogens is 160 g/mol. The maximum absolute atomic E-state index is 11.1. The minimum atomic E-state index is -0.0469. The average Bonchev–Trinajstić information content (AvgIpc) is 2.62. The van der Waals surface area contributed by atoms with Gasteiger partial charge in [-0.3, -0.25) is 4.79 Å². The van der Waals surface area contributed by atoms with Gasteiger partial charge in [0, 0.05) is 10.5 Å². The Morgan fingerprint density at radius 2 is 2.45 bits per heavy atom. The molecule has 0 radical (unpaired) electrons. The van der Waals surface area contributed by atoms with Crippen LogP contribution >= 0.6 is 11.8 Å². The quantitative estimate of drug-likeness (QED) is 0.437. The first-order valence-corrected chi connectivity index (χ1v) is 4.67. The fourth-order valence-electron chi connectivity index (χ4n) is 1.66. The highest BCUT2D eigenvalue weighted by Crippen LogP contribution is 2.45. The largest absolute Gasteiger partial charge is 0.469 e. The molecule has 0 aliphatic carbocycles. The minimum Gasteiger partial charge on any atom is -0.469 e. The minimum absolute atomic E-state index is 0.0469.